The van der Waals surface area contributed by atoms with E-state index < -0.39 is 0 Å². The fourth-order valence-corrected chi connectivity index (χ4v) is 3.24. The molecule has 126 valence electrons. The van der Waals surface area contributed by atoms with E-state index in [1.54, 1.807) is 4.90 Å². The molecule has 23 heavy (non-hydrogen) atoms. The number of nitrogens with two attached hydrogens (primary N) is 1. The van der Waals surface area contributed by atoms with Crippen molar-refractivity contribution in [2.45, 2.75) is 31.7 Å². The minimum atomic E-state index is -0.0968. The second kappa shape index (κ2) is 7.66. The molecule has 2 fully saturated rings. The maximum atomic E-state index is 12.2. The average Bonchev–Trinajstić information content (AvgIpc) is 3.08. The number of rotatable bonds is 4. The van der Waals surface area contributed by atoms with E-state index in [1.807, 2.05) is 24.3 Å². The highest BCUT2D eigenvalue weighted by Crippen LogP contribution is 2.27. The first-order valence-electron chi connectivity index (χ1n) is 7.84. The zero-order valence-corrected chi connectivity index (χ0v) is 13.8. The monoisotopic (exact) mass is 338 g/mol. The van der Waals surface area contributed by atoms with E-state index in [0.717, 1.165) is 24.9 Å². The van der Waals surface area contributed by atoms with Crippen molar-refractivity contribution < 1.29 is 9.59 Å². The molecule has 2 atom stereocenters. The maximum absolute atomic E-state index is 12.2. The van der Waals surface area contributed by atoms with Gasteiger partial charge in [-0.3, -0.25) is 9.69 Å². The number of amides is 3. The predicted molar refractivity (Wildman–Crippen MR) is 93.0 cm³/mol. The molecule has 1 aromatic rings. The molecule has 3 amide bonds. The van der Waals surface area contributed by atoms with Crippen molar-refractivity contribution in [3.8, 4) is 0 Å². The Balaban J connectivity index is 0.00000192. The molecule has 4 N–H and O–H groups in total. The topological polar surface area (TPSA) is 87.5 Å². The van der Waals surface area contributed by atoms with Crippen molar-refractivity contribution in [1.29, 1.82) is 0 Å². The van der Waals surface area contributed by atoms with Gasteiger partial charge >= 0.3 is 6.03 Å². The summed E-state index contributed by atoms with van der Waals surface area (Å²) in [7, 11) is 0. The van der Waals surface area contributed by atoms with Gasteiger partial charge in [-0.15, -0.1) is 12.4 Å². The number of carbonyl (C=O) groups excluding carboxylic acids is 2. The van der Waals surface area contributed by atoms with Crippen molar-refractivity contribution in [3.05, 3.63) is 24.3 Å². The van der Waals surface area contributed by atoms with Gasteiger partial charge in [0.25, 0.3) is 0 Å². The van der Waals surface area contributed by atoms with Gasteiger partial charge in [0.05, 0.1) is 0 Å². The second-order valence-electron chi connectivity index (χ2n) is 6.04. The summed E-state index contributed by atoms with van der Waals surface area (Å²) < 4.78 is 0. The summed E-state index contributed by atoms with van der Waals surface area (Å²) in [4.78, 5) is 25.5. The highest BCUT2D eigenvalue weighted by atomic mass is 35.5. The van der Waals surface area contributed by atoms with Crippen LogP contribution in [-0.4, -0.2) is 31.1 Å². The third kappa shape index (κ3) is 4.14. The Hall–Kier alpha value is -1.79. The Bertz CT molecular complexity index is 581. The van der Waals surface area contributed by atoms with Crippen LogP contribution in [0.5, 0.6) is 0 Å². The van der Waals surface area contributed by atoms with Gasteiger partial charge in [-0.25, -0.2) is 4.79 Å². The summed E-state index contributed by atoms with van der Waals surface area (Å²) >= 11 is 0. The number of halogens is 1. The lowest BCUT2D eigenvalue weighted by Crippen LogP contribution is -2.28. The number of nitrogens with one attached hydrogen (secondary N) is 2. The third-order valence-electron chi connectivity index (χ3n) is 4.46. The van der Waals surface area contributed by atoms with E-state index in [9.17, 15) is 9.59 Å². The molecule has 0 bridgehead atoms. The molecule has 1 heterocycles. The molecule has 1 aliphatic heterocycles. The van der Waals surface area contributed by atoms with Crippen LogP contribution in [0.1, 0.15) is 25.7 Å². The van der Waals surface area contributed by atoms with Crippen LogP contribution in [0.3, 0.4) is 0 Å². The normalized spacial score (nSPS) is 23.3. The van der Waals surface area contributed by atoms with E-state index in [-0.39, 0.29) is 36.3 Å². The van der Waals surface area contributed by atoms with Crippen LogP contribution in [0.4, 0.5) is 16.2 Å². The lowest BCUT2D eigenvalue weighted by atomic mass is 10.00. The van der Waals surface area contributed by atoms with E-state index in [0.29, 0.717) is 25.2 Å². The number of nitrogens with zero attached hydrogens (tertiary/aromatic N) is 1. The van der Waals surface area contributed by atoms with Gasteiger partial charge in [0.15, 0.2) is 0 Å². The Kier molecular flexibility index (Phi) is 5.85. The zero-order chi connectivity index (χ0) is 15.5. The van der Waals surface area contributed by atoms with E-state index in [2.05, 4.69) is 10.6 Å². The number of hydrogen-bond acceptors (Lipinski definition) is 3. The van der Waals surface area contributed by atoms with Crippen LogP contribution in [0, 0.1) is 5.92 Å². The van der Waals surface area contributed by atoms with Gasteiger partial charge < -0.3 is 16.4 Å². The summed E-state index contributed by atoms with van der Waals surface area (Å²) in [6.45, 7) is 1.29. The van der Waals surface area contributed by atoms with E-state index in [4.69, 9.17) is 5.73 Å². The molecule has 0 unspecified atom stereocenters. The molecule has 7 heteroatoms. The van der Waals surface area contributed by atoms with E-state index in [1.165, 1.54) is 0 Å². The van der Waals surface area contributed by atoms with Crippen LogP contribution in [0.15, 0.2) is 24.3 Å². The lowest BCUT2D eigenvalue weighted by molar-refractivity contribution is -0.117. The van der Waals surface area contributed by atoms with Crippen molar-refractivity contribution >= 4 is 35.7 Å². The quantitative estimate of drug-likeness (QED) is 0.785. The molecule has 1 aromatic carbocycles. The summed E-state index contributed by atoms with van der Waals surface area (Å²) in [5.74, 6) is 0.276. The van der Waals surface area contributed by atoms with E-state index >= 15 is 0 Å². The molecule has 0 radical (unpaired) electrons. The van der Waals surface area contributed by atoms with Gasteiger partial charge in [0, 0.05) is 36.9 Å². The van der Waals surface area contributed by atoms with Crippen LogP contribution in [0.2, 0.25) is 0 Å². The highest BCUT2D eigenvalue weighted by Gasteiger charge is 2.26. The molecular weight excluding hydrogens is 316 g/mol. The number of urea groups is 1. The standard InChI is InChI=1S/C16H22N4O2.ClH/c17-14-6-1-3-11(14)9-15(21)19-12-4-2-5-13(10-12)20-8-7-18-16(20)22;/h2,4-5,10-11,14H,1,3,6-9,17H2,(H,18,22)(H,19,21);1H/t11-,14+;/m0./s1. The molecular formula is C16H23ClN4O2. The van der Waals surface area contributed by atoms with Gasteiger partial charge in [0.1, 0.15) is 0 Å². The number of hydrogen-bond donors (Lipinski definition) is 3. The molecule has 6 nitrogen and oxygen atoms in total. The molecule has 1 saturated heterocycles. The van der Waals surface area contributed by atoms with Crippen molar-refractivity contribution in [2.24, 2.45) is 11.7 Å². The first-order chi connectivity index (χ1) is 10.6. The fraction of sp³-hybridized carbons (Fsp3) is 0.500. The van der Waals surface area contributed by atoms with Crippen LogP contribution < -0.4 is 21.3 Å². The fourth-order valence-electron chi connectivity index (χ4n) is 3.24. The van der Waals surface area contributed by atoms with Crippen LogP contribution in [0.25, 0.3) is 0 Å². The minimum Gasteiger partial charge on any atom is -0.336 e. The smallest absolute Gasteiger partial charge is 0.321 e. The largest absolute Gasteiger partial charge is 0.336 e. The van der Waals surface area contributed by atoms with Crippen molar-refractivity contribution in [3.63, 3.8) is 0 Å². The van der Waals surface area contributed by atoms with Gasteiger partial charge in [-0.05, 0) is 37.0 Å². The first-order valence-corrected chi connectivity index (χ1v) is 7.84. The van der Waals surface area contributed by atoms with Crippen molar-refractivity contribution in [2.75, 3.05) is 23.3 Å². The zero-order valence-electron chi connectivity index (χ0n) is 13.0. The van der Waals surface area contributed by atoms with Gasteiger partial charge in [-0.1, -0.05) is 12.5 Å². The summed E-state index contributed by atoms with van der Waals surface area (Å²) in [6.07, 6.45) is 3.62. The first kappa shape index (κ1) is 17.6. The van der Waals surface area contributed by atoms with Crippen LogP contribution >= 0.6 is 12.4 Å². The summed E-state index contributed by atoms with van der Waals surface area (Å²) in [6, 6.07) is 7.43. The molecule has 1 aliphatic carbocycles. The summed E-state index contributed by atoms with van der Waals surface area (Å²) in [5.41, 5.74) is 7.52. The molecule has 0 aromatic heterocycles. The Morgan fingerprint density at radius 1 is 1.39 bits per heavy atom. The summed E-state index contributed by atoms with van der Waals surface area (Å²) in [5, 5.41) is 5.68. The highest BCUT2D eigenvalue weighted by molar-refractivity contribution is 5.96. The Labute approximate surface area is 142 Å². The lowest BCUT2D eigenvalue weighted by Gasteiger charge is -2.17. The van der Waals surface area contributed by atoms with Crippen LogP contribution in [-0.2, 0) is 4.79 Å². The number of anilines is 2. The molecule has 3 rings (SSSR count). The SMILES string of the molecule is Cl.N[C@@H]1CCC[C@H]1CC(=O)Nc1cccc(N2CCNC2=O)c1. The molecule has 0 spiro atoms. The predicted octanol–water partition coefficient (Wildman–Crippen LogP) is 2.09. The Morgan fingerprint density at radius 2 is 2.22 bits per heavy atom. The average molecular weight is 339 g/mol. The van der Waals surface area contributed by atoms with Gasteiger partial charge in [-0.2, -0.15) is 0 Å². The molecule has 2 aliphatic rings. The molecule has 1 saturated carbocycles. The Morgan fingerprint density at radius 3 is 2.87 bits per heavy atom. The number of carbonyl (C=O) groups is 2. The second-order valence-corrected chi connectivity index (χ2v) is 6.04. The maximum Gasteiger partial charge on any atom is 0.321 e. The minimum absolute atomic E-state index is 0. The van der Waals surface area contributed by atoms with Gasteiger partial charge in [0.2, 0.25) is 5.91 Å². The third-order valence-corrected chi connectivity index (χ3v) is 4.46. The number of benzene rings is 1. The van der Waals surface area contributed by atoms with Crippen molar-refractivity contribution in [1.82, 2.24) is 5.32 Å².